The fourth-order valence-corrected chi connectivity index (χ4v) is 10.9. The van der Waals surface area contributed by atoms with Crippen LogP contribution >= 0.6 is 0 Å². The third-order valence-electron chi connectivity index (χ3n) is 12.8. The summed E-state index contributed by atoms with van der Waals surface area (Å²) < 4.78 is 19.2. The number of hydrogen-bond acceptors (Lipinski definition) is 4. The van der Waals surface area contributed by atoms with Crippen LogP contribution in [0.25, 0.3) is 0 Å². The van der Waals surface area contributed by atoms with E-state index in [4.69, 9.17) is 14.2 Å². The van der Waals surface area contributed by atoms with E-state index in [-0.39, 0.29) is 17.9 Å². The number of esters is 1. The van der Waals surface area contributed by atoms with Gasteiger partial charge in [0.2, 0.25) is 0 Å². The second-order valence-electron chi connectivity index (χ2n) is 14.1. The molecular formula is C30H48O4. The molecule has 1 spiro atoms. The van der Waals surface area contributed by atoms with Gasteiger partial charge in [0.1, 0.15) is 6.10 Å². The van der Waals surface area contributed by atoms with Gasteiger partial charge >= 0.3 is 5.97 Å². The van der Waals surface area contributed by atoms with Crippen LogP contribution in [0, 0.1) is 58.2 Å². The molecule has 2 aliphatic heterocycles. The molecule has 6 fully saturated rings. The number of hydrogen-bond donors (Lipinski definition) is 0. The Hall–Kier alpha value is -0.610. The smallest absolute Gasteiger partial charge is 0.302 e. The van der Waals surface area contributed by atoms with Crippen LogP contribution < -0.4 is 0 Å². The largest absolute Gasteiger partial charge is 0.463 e. The van der Waals surface area contributed by atoms with Crippen molar-refractivity contribution in [1.29, 1.82) is 0 Å². The highest BCUT2D eigenvalue weighted by Gasteiger charge is 2.70. The molecule has 0 radical (unpaired) electrons. The minimum atomic E-state index is -0.314. The normalized spacial score (nSPS) is 58.5. The van der Waals surface area contributed by atoms with E-state index in [1.54, 1.807) is 6.92 Å². The van der Waals surface area contributed by atoms with Gasteiger partial charge in [-0.05, 0) is 104 Å². The van der Waals surface area contributed by atoms with Crippen molar-refractivity contribution in [2.75, 3.05) is 6.61 Å². The average molecular weight is 473 g/mol. The van der Waals surface area contributed by atoms with Crippen LogP contribution in [0.4, 0.5) is 0 Å². The molecule has 2 heterocycles. The lowest BCUT2D eigenvalue weighted by molar-refractivity contribution is -0.273. The van der Waals surface area contributed by atoms with Gasteiger partial charge in [-0.2, -0.15) is 0 Å². The highest BCUT2D eigenvalue weighted by molar-refractivity contribution is 5.66. The summed E-state index contributed by atoms with van der Waals surface area (Å²) in [4.78, 5) is 11.6. The lowest BCUT2D eigenvalue weighted by Gasteiger charge is -2.63. The summed E-state index contributed by atoms with van der Waals surface area (Å²) >= 11 is 0. The van der Waals surface area contributed by atoms with Gasteiger partial charge in [-0.1, -0.05) is 34.6 Å². The number of rotatable bonds is 1. The molecule has 0 aromatic rings. The standard InChI is InChI=1S/C30H48O4/c1-17-9-12-30(32-16-17)19(3)27-26(34-30)15-25-23-8-7-21-14-22(33-20(4)31)10-11-28(21,5)24(23)13-18(2)29(25,27)6/h17-19,21-27H,7-16H2,1-6H3/t17?,18-,19?,21+,22+,23?,24?,25?,26?,27?,28-,29-,30?/m0/s1. The van der Waals surface area contributed by atoms with Gasteiger partial charge in [0.25, 0.3) is 0 Å². The molecule has 0 aromatic carbocycles. The Bertz CT molecular complexity index is 817. The summed E-state index contributed by atoms with van der Waals surface area (Å²) in [7, 11) is 0. The second-order valence-corrected chi connectivity index (χ2v) is 14.1. The van der Waals surface area contributed by atoms with Crippen LogP contribution in [-0.2, 0) is 19.0 Å². The molecule has 4 heteroatoms. The molecule has 34 heavy (non-hydrogen) atoms. The van der Waals surface area contributed by atoms with Gasteiger partial charge in [-0.25, -0.2) is 0 Å². The lowest BCUT2D eigenvalue weighted by Crippen LogP contribution is -2.57. The maximum absolute atomic E-state index is 11.6. The van der Waals surface area contributed by atoms with Gasteiger partial charge in [0.15, 0.2) is 5.79 Å². The van der Waals surface area contributed by atoms with Gasteiger partial charge in [0, 0.05) is 19.3 Å². The predicted molar refractivity (Wildman–Crippen MR) is 132 cm³/mol. The van der Waals surface area contributed by atoms with Gasteiger partial charge in [-0.3, -0.25) is 4.79 Å². The first-order chi connectivity index (χ1) is 16.1. The molecule has 0 N–H and O–H groups in total. The van der Waals surface area contributed by atoms with E-state index in [1.807, 2.05) is 0 Å². The van der Waals surface area contributed by atoms with Crippen molar-refractivity contribution in [3.63, 3.8) is 0 Å². The van der Waals surface area contributed by atoms with Crippen molar-refractivity contribution in [3.8, 4) is 0 Å². The minimum absolute atomic E-state index is 0.106. The van der Waals surface area contributed by atoms with Crippen molar-refractivity contribution >= 4 is 5.97 Å². The van der Waals surface area contributed by atoms with Crippen LogP contribution in [0.3, 0.4) is 0 Å². The van der Waals surface area contributed by atoms with E-state index in [2.05, 4.69) is 34.6 Å². The highest BCUT2D eigenvalue weighted by Crippen LogP contribution is 2.72. The Kier molecular flexibility index (Phi) is 5.55. The van der Waals surface area contributed by atoms with E-state index >= 15 is 0 Å². The van der Waals surface area contributed by atoms with E-state index < -0.39 is 0 Å². The summed E-state index contributed by atoms with van der Waals surface area (Å²) in [6.07, 6.45) is 11.5. The predicted octanol–water partition coefficient (Wildman–Crippen LogP) is 6.61. The third kappa shape index (κ3) is 3.19. The molecule has 4 aliphatic carbocycles. The molecule has 0 amide bonds. The zero-order valence-electron chi connectivity index (χ0n) is 22.5. The molecule has 6 aliphatic rings. The van der Waals surface area contributed by atoms with E-state index in [0.717, 1.165) is 49.5 Å². The van der Waals surface area contributed by atoms with E-state index in [1.165, 1.54) is 38.5 Å². The topological polar surface area (TPSA) is 44.8 Å². The first-order valence-electron chi connectivity index (χ1n) is 14.6. The molecule has 2 saturated heterocycles. The van der Waals surface area contributed by atoms with Crippen molar-refractivity contribution in [1.82, 2.24) is 0 Å². The van der Waals surface area contributed by atoms with Crippen LogP contribution in [0.15, 0.2) is 0 Å². The van der Waals surface area contributed by atoms with Crippen molar-refractivity contribution < 1.29 is 19.0 Å². The maximum atomic E-state index is 11.6. The Balaban J connectivity index is 1.24. The van der Waals surface area contributed by atoms with Crippen molar-refractivity contribution in [2.45, 2.75) is 117 Å². The van der Waals surface area contributed by atoms with E-state index in [9.17, 15) is 4.79 Å². The maximum Gasteiger partial charge on any atom is 0.302 e. The Morgan fingerprint density at radius 2 is 1.74 bits per heavy atom. The first kappa shape index (κ1) is 23.8. The summed E-state index contributed by atoms with van der Waals surface area (Å²) in [5.41, 5.74) is 0.766. The summed E-state index contributed by atoms with van der Waals surface area (Å²) in [6.45, 7) is 15.0. The molecule has 4 saturated carbocycles. The average Bonchev–Trinajstić information content (AvgIpc) is 3.23. The molecule has 8 unspecified atom stereocenters. The number of fused-ring (bicyclic) bond motifs is 7. The molecule has 13 atom stereocenters. The Labute approximate surface area is 207 Å². The second kappa shape index (κ2) is 7.94. The highest BCUT2D eigenvalue weighted by atomic mass is 16.7. The monoisotopic (exact) mass is 472 g/mol. The third-order valence-corrected chi connectivity index (χ3v) is 12.8. The Morgan fingerprint density at radius 3 is 2.44 bits per heavy atom. The fraction of sp³-hybridized carbons (Fsp3) is 0.967. The fourth-order valence-electron chi connectivity index (χ4n) is 10.9. The van der Waals surface area contributed by atoms with E-state index in [0.29, 0.717) is 40.6 Å². The number of carbonyl (C=O) groups is 1. The quantitative estimate of drug-likeness (QED) is 0.403. The number of ether oxygens (including phenoxy) is 3. The minimum Gasteiger partial charge on any atom is -0.463 e. The molecule has 192 valence electrons. The molecule has 0 bridgehead atoms. The summed E-state index contributed by atoms with van der Waals surface area (Å²) in [6, 6.07) is 0. The van der Waals surface area contributed by atoms with Crippen LogP contribution in [0.1, 0.15) is 99.3 Å². The zero-order valence-corrected chi connectivity index (χ0v) is 22.5. The molecule has 6 rings (SSSR count). The molecule has 4 nitrogen and oxygen atoms in total. The molecular weight excluding hydrogens is 424 g/mol. The summed E-state index contributed by atoms with van der Waals surface area (Å²) in [5, 5.41) is 0. The molecule has 0 aromatic heterocycles. The zero-order chi connectivity index (χ0) is 24.0. The van der Waals surface area contributed by atoms with Gasteiger partial charge in [0.05, 0.1) is 12.7 Å². The van der Waals surface area contributed by atoms with Crippen LogP contribution in [0.2, 0.25) is 0 Å². The van der Waals surface area contributed by atoms with Crippen molar-refractivity contribution in [2.24, 2.45) is 58.2 Å². The summed E-state index contributed by atoms with van der Waals surface area (Å²) in [5.74, 6) is 5.21. The van der Waals surface area contributed by atoms with Gasteiger partial charge < -0.3 is 14.2 Å². The number of carbonyl (C=O) groups excluding carboxylic acids is 1. The van der Waals surface area contributed by atoms with Crippen LogP contribution in [0.5, 0.6) is 0 Å². The Morgan fingerprint density at radius 1 is 0.941 bits per heavy atom. The van der Waals surface area contributed by atoms with Gasteiger partial charge in [-0.15, -0.1) is 0 Å². The first-order valence-corrected chi connectivity index (χ1v) is 14.6. The SMILES string of the molecule is CC(=O)O[C@@H]1CC[C@]2(C)C3C[C@H](C)[C@@]4(C)C(CC5OC6(CCC(C)CO6)C(C)C54)C3CC[C@@H]2C1. The van der Waals surface area contributed by atoms with Crippen LogP contribution in [-0.4, -0.2) is 30.6 Å². The van der Waals surface area contributed by atoms with Crippen molar-refractivity contribution in [3.05, 3.63) is 0 Å². The lowest BCUT2D eigenvalue weighted by atomic mass is 9.42.